The van der Waals surface area contributed by atoms with Crippen LogP contribution in [0.1, 0.15) is 17.1 Å². The highest BCUT2D eigenvalue weighted by Gasteiger charge is 2.05. The summed E-state index contributed by atoms with van der Waals surface area (Å²) in [5.74, 6) is -0.0580. The molecule has 0 saturated heterocycles. The van der Waals surface area contributed by atoms with Crippen LogP contribution in [0.3, 0.4) is 0 Å². The van der Waals surface area contributed by atoms with Crippen molar-refractivity contribution in [3.8, 4) is 0 Å². The van der Waals surface area contributed by atoms with Crippen LogP contribution in [0.4, 0.5) is 0 Å². The number of benzene rings is 1. The number of H-pyrrole nitrogens is 1. The van der Waals surface area contributed by atoms with Gasteiger partial charge in [-0.1, -0.05) is 30.3 Å². The summed E-state index contributed by atoms with van der Waals surface area (Å²) in [5, 5.41) is 8.62. The molecule has 1 heterocycles. The fraction of sp³-hybridized carbons (Fsp3) is 0.167. The molecular formula is C12H12N2O2. The molecule has 1 aromatic heterocycles. The first-order chi connectivity index (χ1) is 7.74. The minimum Gasteiger partial charge on any atom is -0.481 e. The number of nitrogens with one attached hydrogen (secondary N) is 1. The van der Waals surface area contributed by atoms with Gasteiger partial charge in [0.15, 0.2) is 0 Å². The van der Waals surface area contributed by atoms with E-state index in [9.17, 15) is 4.79 Å². The van der Waals surface area contributed by atoms with Crippen molar-refractivity contribution in [3.05, 3.63) is 53.6 Å². The summed E-state index contributed by atoms with van der Waals surface area (Å²) < 4.78 is 0. The number of nitrogens with zero attached hydrogens (tertiary/aromatic N) is 1. The molecule has 4 nitrogen and oxygen atoms in total. The molecule has 0 spiro atoms. The Kier molecular flexibility index (Phi) is 3.00. The van der Waals surface area contributed by atoms with Crippen molar-refractivity contribution in [2.45, 2.75) is 12.8 Å². The van der Waals surface area contributed by atoms with Crippen LogP contribution < -0.4 is 0 Å². The normalized spacial score (nSPS) is 10.2. The molecule has 2 rings (SSSR count). The Balaban J connectivity index is 2.06. The Labute approximate surface area is 93.0 Å². The third kappa shape index (κ3) is 2.70. The molecule has 2 aromatic rings. The summed E-state index contributed by atoms with van der Waals surface area (Å²) in [5.41, 5.74) is 1.79. The van der Waals surface area contributed by atoms with Gasteiger partial charge in [-0.15, -0.1) is 0 Å². The predicted molar refractivity (Wildman–Crippen MR) is 59.2 cm³/mol. The van der Waals surface area contributed by atoms with E-state index in [1.807, 2.05) is 30.3 Å². The molecule has 0 unspecified atom stereocenters. The number of imidazole rings is 1. The van der Waals surface area contributed by atoms with Crippen LogP contribution in [0.5, 0.6) is 0 Å². The molecule has 0 amide bonds. The van der Waals surface area contributed by atoms with Gasteiger partial charge in [0.1, 0.15) is 5.82 Å². The minimum absolute atomic E-state index is 0.0121. The summed E-state index contributed by atoms with van der Waals surface area (Å²) in [7, 11) is 0. The van der Waals surface area contributed by atoms with Gasteiger partial charge in [0.2, 0.25) is 0 Å². The first-order valence-corrected chi connectivity index (χ1v) is 5.02. The Morgan fingerprint density at radius 1 is 1.31 bits per heavy atom. The van der Waals surface area contributed by atoms with Crippen molar-refractivity contribution >= 4 is 5.97 Å². The first-order valence-electron chi connectivity index (χ1n) is 5.02. The monoisotopic (exact) mass is 216 g/mol. The zero-order valence-electron chi connectivity index (χ0n) is 8.68. The van der Waals surface area contributed by atoms with Crippen molar-refractivity contribution < 1.29 is 9.90 Å². The van der Waals surface area contributed by atoms with Crippen molar-refractivity contribution in [3.63, 3.8) is 0 Å². The minimum atomic E-state index is -0.852. The number of carboxylic acids is 1. The molecule has 0 saturated carbocycles. The standard InChI is InChI=1S/C12H12N2O2/c15-12(16)7-10-8-13-11(14-10)6-9-4-2-1-3-5-9/h1-5,8H,6-7H2,(H,13,14)(H,15,16). The fourth-order valence-electron chi connectivity index (χ4n) is 1.54. The fourth-order valence-corrected chi connectivity index (χ4v) is 1.54. The van der Waals surface area contributed by atoms with Crippen molar-refractivity contribution in [1.82, 2.24) is 9.97 Å². The van der Waals surface area contributed by atoms with Gasteiger partial charge in [0.05, 0.1) is 6.42 Å². The Morgan fingerprint density at radius 3 is 2.75 bits per heavy atom. The number of carbonyl (C=O) groups is 1. The lowest BCUT2D eigenvalue weighted by Crippen LogP contribution is -2.00. The number of aromatic nitrogens is 2. The van der Waals surface area contributed by atoms with Crippen molar-refractivity contribution in [2.24, 2.45) is 0 Å². The average Bonchev–Trinajstić information content (AvgIpc) is 2.66. The summed E-state index contributed by atoms with van der Waals surface area (Å²) in [6.45, 7) is 0. The van der Waals surface area contributed by atoms with E-state index in [2.05, 4.69) is 9.97 Å². The third-order valence-corrected chi connectivity index (χ3v) is 2.24. The molecule has 0 fully saturated rings. The van der Waals surface area contributed by atoms with Gasteiger partial charge in [0.25, 0.3) is 0 Å². The lowest BCUT2D eigenvalue weighted by molar-refractivity contribution is -0.136. The van der Waals surface area contributed by atoms with Gasteiger partial charge in [-0.05, 0) is 5.56 Å². The van der Waals surface area contributed by atoms with E-state index < -0.39 is 5.97 Å². The molecule has 0 aliphatic heterocycles. The van der Waals surface area contributed by atoms with Crippen LogP contribution in [-0.2, 0) is 17.6 Å². The van der Waals surface area contributed by atoms with Gasteiger partial charge in [-0.25, -0.2) is 4.98 Å². The average molecular weight is 216 g/mol. The Morgan fingerprint density at radius 2 is 2.06 bits per heavy atom. The van der Waals surface area contributed by atoms with Crippen molar-refractivity contribution in [2.75, 3.05) is 0 Å². The molecule has 1 aromatic carbocycles. The maximum absolute atomic E-state index is 10.5. The maximum Gasteiger partial charge on any atom is 0.309 e. The first kappa shape index (κ1) is 10.4. The number of aliphatic carboxylic acids is 1. The highest BCUT2D eigenvalue weighted by molar-refractivity contribution is 5.69. The summed E-state index contributed by atoms with van der Waals surface area (Å²) in [6, 6.07) is 9.92. The highest BCUT2D eigenvalue weighted by atomic mass is 16.4. The molecule has 0 atom stereocenters. The number of hydrogen-bond donors (Lipinski definition) is 2. The zero-order chi connectivity index (χ0) is 11.4. The smallest absolute Gasteiger partial charge is 0.309 e. The van der Waals surface area contributed by atoms with Gasteiger partial charge >= 0.3 is 5.97 Å². The quantitative estimate of drug-likeness (QED) is 0.816. The molecule has 16 heavy (non-hydrogen) atoms. The number of rotatable bonds is 4. The largest absolute Gasteiger partial charge is 0.481 e. The zero-order valence-corrected chi connectivity index (χ0v) is 8.68. The number of hydrogen-bond acceptors (Lipinski definition) is 2. The van der Waals surface area contributed by atoms with E-state index in [1.54, 1.807) is 6.20 Å². The van der Waals surface area contributed by atoms with Crippen LogP contribution in [0.15, 0.2) is 36.5 Å². The van der Waals surface area contributed by atoms with Crippen LogP contribution in [-0.4, -0.2) is 21.0 Å². The molecule has 0 bridgehead atoms. The molecule has 2 N–H and O–H groups in total. The lowest BCUT2D eigenvalue weighted by atomic mass is 10.1. The molecule has 0 aliphatic rings. The Bertz CT molecular complexity index is 477. The second-order valence-corrected chi connectivity index (χ2v) is 3.59. The van der Waals surface area contributed by atoms with Crippen LogP contribution in [0.25, 0.3) is 0 Å². The second kappa shape index (κ2) is 4.61. The van der Waals surface area contributed by atoms with Crippen LogP contribution >= 0.6 is 0 Å². The molecular weight excluding hydrogens is 204 g/mol. The van der Waals surface area contributed by atoms with E-state index in [1.165, 1.54) is 0 Å². The molecule has 82 valence electrons. The molecule has 0 radical (unpaired) electrons. The van der Waals surface area contributed by atoms with Crippen molar-refractivity contribution in [1.29, 1.82) is 0 Å². The maximum atomic E-state index is 10.5. The van der Waals surface area contributed by atoms with Crippen LogP contribution in [0, 0.1) is 0 Å². The number of aromatic amines is 1. The highest BCUT2D eigenvalue weighted by Crippen LogP contribution is 2.06. The lowest BCUT2D eigenvalue weighted by Gasteiger charge is -1.96. The van der Waals surface area contributed by atoms with Gasteiger partial charge in [0, 0.05) is 18.3 Å². The third-order valence-electron chi connectivity index (χ3n) is 2.24. The SMILES string of the molecule is O=C(O)Cc1cnc(Cc2ccccc2)[nH]1. The van der Waals surface area contributed by atoms with E-state index in [0.29, 0.717) is 12.1 Å². The van der Waals surface area contributed by atoms with E-state index in [-0.39, 0.29) is 6.42 Å². The van der Waals surface area contributed by atoms with Gasteiger partial charge in [-0.2, -0.15) is 0 Å². The summed E-state index contributed by atoms with van der Waals surface area (Å²) in [6.07, 6.45) is 2.26. The van der Waals surface area contributed by atoms with Crippen LogP contribution in [0.2, 0.25) is 0 Å². The summed E-state index contributed by atoms with van der Waals surface area (Å²) >= 11 is 0. The van der Waals surface area contributed by atoms with E-state index in [0.717, 1.165) is 11.4 Å². The topological polar surface area (TPSA) is 66.0 Å². The second-order valence-electron chi connectivity index (χ2n) is 3.59. The van der Waals surface area contributed by atoms with Gasteiger partial charge < -0.3 is 10.1 Å². The van der Waals surface area contributed by atoms with E-state index >= 15 is 0 Å². The number of carboxylic acid groups (broad SMARTS) is 1. The summed E-state index contributed by atoms with van der Waals surface area (Å²) in [4.78, 5) is 17.6. The predicted octanol–water partition coefficient (Wildman–Crippen LogP) is 1.63. The Hall–Kier alpha value is -2.10. The van der Waals surface area contributed by atoms with Gasteiger partial charge in [-0.3, -0.25) is 4.79 Å². The molecule has 4 heteroatoms. The van der Waals surface area contributed by atoms with E-state index in [4.69, 9.17) is 5.11 Å². The molecule has 0 aliphatic carbocycles.